The minimum absolute atomic E-state index is 0.314. The van der Waals surface area contributed by atoms with Crippen molar-refractivity contribution >= 4 is 11.8 Å². The summed E-state index contributed by atoms with van der Waals surface area (Å²) in [6.07, 6.45) is -5.81. The van der Waals surface area contributed by atoms with Crippen LogP contribution in [-0.2, 0) is 10.9 Å². The molecule has 1 amide bonds. The zero-order valence-corrected chi connectivity index (χ0v) is 9.34. The topological polar surface area (TPSA) is 38.3 Å². The number of hydrogen-bond donors (Lipinski definition) is 1. The molecule has 0 aliphatic rings. The molecule has 6 heteroatoms. The fourth-order valence-corrected chi connectivity index (χ4v) is 1.19. The zero-order chi connectivity index (χ0) is 13.1. The van der Waals surface area contributed by atoms with E-state index in [-0.39, 0.29) is 5.69 Å². The molecule has 0 aliphatic heterocycles. The molecule has 1 rings (SSSR count). The van der Waals surface area contributed by atoms with E-state index in [1.165, 1.54) is 18.2 Å². The Morgan fingerprint density at radius 1 is 1.29 bits per heavy atom. The molecule has 0 bridgehead atoms. The van der Waals surface area contributed by atoms with Crippen LogP contribution in [-0.4, -0.2) is 12.2 Å². The quantitative estimate of drug-likeness (QED) is 0.866. The summed E-state index contributed by atoms with van der Waals surface area (Å²) in [5.41, 5.74) is -1.22. The number of nitrogens with one attached hydrogen (secondary N) is 1. The number of amides is 1. The molecule has 3 nitrogen and oxygen atoms in total. The van der Waals surface area contributed by atoms with Crippen molar-refractivity contribution in [2.24, 2.45) is 0 Å². The SMILES string of the molecule is CC(C)OC(=O)Nc1ccccc1C(F)(F)F. The Morgan fingerprint density at radius 3 is 2.41 bits per heavy atom. The highest BCUT2D eigenvalue weighted by Gasteiger charge is 2.33. The van der Waals surface area contributed by atoms with Crippen LogP contribution in [0.25, 0.3) is 0 Å². The molecule has 17 heavy (non-hydrogen) atoms. The molecule has 0 radical (unpaired) electrons. The number of ether oxygens (including phenoxy) is 1. The summed E-state index contributed by atoms with van der Waals surface area (Å²) in [6, 6.07) is 4.72. The summed E-state index contributed by atoms with van der Waals surface area (Å²) in [7, 11) is 0. The van der Waals surface area contributed by atoms with E-state index in [1.54, 1.807) is 13.8 Å². The van der Waals surface area contributed by atoms with Gasteiger partial charge in [0.15, 0.2) is 0 Å². The normalized spacial score (nSPS) is 11.4. The Hall–Kier alpha value is -1.72. The first-order valence-corrected chi connectivity index (χ1v) is 4.94. The number of anilines is 1. The lowest BCUT2D eigenvalue weighted by Crippen LogP contribution is -2.20. The molecule has 0 aromatic heterocycles. The third-order valence-corrected chi connectivity index (χ3v) is 1.81. The first-order chi connectivity index (χ1) is 7.80. The van der Waals surface area contributed by atoms with E-state index >= 15 is 0 Å². The molecular formula is C11H12F3NO2. The van der Waals surface area contributed by atoms with Crippen molar-refractivity contribution in [3.8, 4) is 0 Å². The van der Waals surface area contributed by atoms with Crippen molar-refractivity contribution < 1.29 is 22.7 Å². The average molecular weight is 247 g/mol. The standard InChI is InChI=1S/C11H12F3NO2/c1-7(2)17-10(16)15-9-6-4-3-5-8(9)11(12,13)14/h3-7H,1-2H3,(H,15,16). The van der Waals surface area contributed by atoms with Crippen molar-refractivity contribution in [1.82, 2.24) is 0 Å². The van der Waals surface area contributed by atoms with Gasteiger partial charge in [0.25, 0.3) is 0 Å². The van der Waals surface area contributed by atoms with Crippen molar-refractivity contribution in [3.05, 3.63) is 29.8 Å². The van der Waals surface area contributed by atoms with Crippen LogP contribution in [0, 0.1) is 0 Å². The van der Waals surface area contributed by atoms with E-state index in [0.29, 0.717) is 0 Å². The zero-order valence-electron chi connectivity index (χ0n) is 9.34. The van der Waals surface area contributed by atoms with E-state index in [2.05, 4.69) is 5.32 Å². The van der Waals surface area contributed by atoms with Gasteiger partial charge in [0.05, 0.1) is 17.4 Å². The summed E-state index contributed by atoms with van der Waals surface area (Å²) in [6.45, 7) is 3.21. The Kier molecular flexibility index (Phi) is 3.98. The lowest BCUT2D eigenvalue weighted by molar-refractivity contribution is -0.136. The van der Waals surface area contributed by atoms with Crippen LogP contribution < -0.4 is 5.32 Å². The number of para-hydroxylation sites is 1. The number of hydrogen-bond acceptors (Lipinski definition) is 2. The van der Waals surface area contributed by atoms with E-state index in [0.717, 1.165) is 6.07 Å². The fourth-order valence-electron chi connectivity index (χ4n) is 1.19. The highest BCUT2D eigenvalue weighted by atomic mass is 19.4. The third kappa shape index (κ3) is 3.97. The van der Waals surface area contributed by atoms with E-state index in [4.69, 9.17) is 4.74 Å². The molecule has 0 fully saturated rings. The van der Waals surface area contributed by atoms with Gasteiger partial charge in [-0.2, -0.15) is 13.2 Å². The van der Waals surface area contributed by atoms with E-state index < -0.39 is 23.9 Å². The monoisotopic (exact) mass is 247 g/mol. The maximum absolute atomic E-state index is 12.6. The van der Waals surface area contributed by atoms with Gasteiger partial charge in [-0.1, -0.05) is 12.1 Å². The number of carbonyl (C=O) groups excluding carboxylic acids is 1. The Morgan fingerprint density at radius 2 is 1.88 bits per heavy atom. The van der Waals surface area contributed by atoms with Gasteiger partial charge in [-0.25, -0.2) is 4.79 Å². The minimum Gasteiger partial charge on any atom is -0.447 e. The largest absolute Gasteiger partial charge is 0.447 e. The van der Waals surface area contributed by atoms with Crippen LogP contribution in [0.15, 0.2) is 24.3 Å². The lowest BCUT2D eigenvalue weighted by Gasteiger charge is -2.14. The number of carbonyl (C=O) groups is 1. The van der Waals surface area contributed by atoms with Gasteiger partial charge in [-0.05, 0) is 26.0 Å². The molecule has 0 atom stereocenters. The summed E-state index contributed by atoms with van der Waals surface area (Å²) >= 11 is 0. The average Bonchev–Trinajstić information content (AvgIpc) is 2.15. The molecule has 94 valence electrons. The molecule has 0 heterocycles. The Balaban J connectivity index is 2.88. The summed E-state index contributed by atoms with van der Waals surface area (Å²) < 4.78 is 42.4. The number of alkyl halides is 3. The second-order valence-corrected chi connectivity index (χ2v) is 3.62. The molecule has 1 aromatic rings. The minimum atomic E-state index is -4.51. The first-order valence-electron chi connectivity index (χ1n) is 4.94. The van der Waals surface area contributed by atoms with Crippen LogP contribution in [0.4, 0.5) is 23.7 Å². The van der Waals surface area contributed by atoms with Crippen molar-refractivity contribution in [3.63, 3.8) is 0 Å². The first kappa shape index (κ1) is 13.3. The Bertz CT molecular complexity index is 402. The highest BCUT2D eigenvalue weighted by Crippen LogP contribution is 2.34. The van der Waals surface area contributed by atoms with Crippen LogP contribution in [0.5, 0.6) is 0 Å². The van der Waals surface area contributed by atoms with Gasteiger partial charge in [0.2, 0.25) is 0 Å². The molecule has 1 N–H and O–H groups in total. The van der Waals surface area contributed by atoms with Gasteiger partial charge >= 0.3 is 12.3 Å². The molecular weight excluding hydrogens is 235 g/mol. The second kappa shape index (κ2) is 5.07. The van der Waals surface area contributed by atoms with Crippen LogP contribution in [0.2, 0.25) is 0 Å². The Labute approximate surface area is 96.6 Å². The van der Waals surface area contributed by atoms with Gasteiger partial charge < -0.3 is 4.74 Å². The van der Waals surface area contributed by atoms with Crippen LogP contribution in [0.3, 0.4) is 0 Å². The summed E-state index contributed by atoms with van der Waals surface area (Å²) in [5, 5.41) is 2.07. The molecule has 0 saturated heterocycles. The van der Waals surface area contributed by atoms with Gasteiger partial charge in [-0.3, -0.25) is 5.32 Å². The predicted molar refractivity (Wildman–Crippen MR) is 56.7 cm³/mol. The molecule has 0 aliphatic carbocycles. The van der Waals surface area contributed by atoms with E-state index in [9.17, 15) is 18.0 Å². The van der Waals surface area contributed by atoms with Crippen molar-refractivity contribution in [1.29, 1.82) is 0 Å². The van der Waals surface area contributed by atoms with E-state index in [1.807, 2.05) is 0 Å². The number of halogens is 3. The lowest BCUT2D eigenvalue weighted by atomic mass is 10.2. The number of benzene rings is 1. The van der Waals surface area contributed by atoms with Crippen LogP contribution in [0.1, 0.15) is 19.4 Å². The second-order valence-electron chi connectivity index (χ2n) is 3.62. The maximum atomic E-state index is 12.6. The number of rotatable bonds is 2. The molecule has 0 unspecified atom stereocenters. The van der Waals surface area contributed by atoms with Crippen molar-refractivity contribution in [2.45, 2.75) is 26.1 Å². The van der Waals surface area contributed by atoms with Crippen LogP contribution >= 0.6 is 0 Å². The van der Waals surface area contributed by atoms with Gasteiger partial charge in [0.1, 0.15) is 0 Å². The summed E-state index contributed by atoms with van der Waals surface area (Å²) in [4.78, 5) is 11.2. The van der Waals surface area contributed by atoms with Gasteiger partial charge in [0, 0.05) is 0 Å². The van der Waals surface area contributed by atoms with Gasteiger partial charge in [-0.15, -0.1) is 0 Å². The molecule has 1 aromatic carbocycles. The fraction of sp³-hybridized carbons (Fsp3) is 0.364. The molecule has 0 saturated carbocycles. The summed E-state index contributed by atoms with van der Waals surface area (Å²) in [5.74, 6) is 0. The molecule has 0 spiro atoms. The maximum Gasteiger partial charge on any atom is 0.418 e. The smallest absolute Gasteiger partial charge is 0.418 e. The predicted octanol–water partition coefficient (Wildman–Crippen LogP) is 3.66. The third-order valence-electron chi connectivity index (χ3n) is 1.81. The van der Waals surface area contributed by atoms with Crippen molar-refractivity contribution in [2.75, 3.05) is 5.32 Å². The highest BCUT2D eigenvalue weighted by molar-refractivity contribution is 5.85.